The number of benzene rings is 2. The Balaban J connectivity index is 1.50. The van der Waals surface area contributed by atoms with Crippen molar-refractivity contribution < 1.29 is 19.1 Å². The number of carbonyl (C=O) groups is 2. The first-order chi connectivity index (χ1) is 12.5. The fourth-order valence-electron chi connectivity index (χ4n) is 2.82. The fraction of sp³-hybridized carbons (Fsp3) is 0.300. The number of likely N-dealkylation sites (N-methyl/N-ethyl adjacent to an activating group) is 1. The Labute approximate surface area is 157 Å². The number of fused-ring (bicyclic) bond motifs is 1. The van der Waals surface area contributed by atoms with Gasteiger partial charge in [-0.1, -0.05) is 41.9 Å². The average molecular weight is 374 g/mol. The zero-order valence-corrected chi connectivity index (χ0v) is 15.2. The first kappa shape index (κ1) is 18.3. The molecule has 0 saturated carbocycles. The van der Waals surface area contributed by atoms with Crippen molar-refractivity contribution in [3.8, 4) is 5.75 Å². The Morgan fingerprint density at radius 1 is 1.23 bits per heavy atom. The van der Waals surface area contributed by atoms with E-state index >= 15 is 0 Å². The summed E-state index contributed by atoms with van der Waals surface area (Å²) < 4.78 is 10.8. The van der Waals surface area contributed by atoms with E-state index in [2.05, 4.69) is 0 Å². The third kappa shape index (κ3) is 4.55. The van der Waals surface area contributed by atoms with E-state index in [1.165, 1.54) is 4.90 Å². The maximum atomic E-state index is 12.3. The van der Waals surface area contributed by atoms with Crippen molar-refractivity contribution >= 4 is 23.5 Å². The van der Waals surface area contributed by atoms with Gasteiger partial charge in [-0.3, -0.25) is 9.59 Å². The van der Waals surface area contributed by atoms with Crippen LogP contribution in [0, 0.1) is 5.92 Å². The smallest absolute Gasteiger partial charge is 0.313 e. The Hall–Kier alpha value is -2.53. The predicted octanol–water partition coefficient (Wildman–Crippen LogP) is 3.09. The van der Waals surface area contributed by atoms with Crippen LogP contribution >= 0.6 is 11.6 Å². The van der Waals surface area contributed by atoms with Gasteiger partial charge in [-0.15, -0.1) is 0 Å². The largest absolute Gasteiger partial charge is 0.492 e. The molecule has 6 heteroatoms. The van der Waals surface area contributed by atoms with E-state index in [1.54, 1.807) is 25.2 Å². The van der Waals surface area contributed by atoms with Gasteiger partial charge >= 0.3 is 5.97 Å². The van der Waals surface area contributed by atoms with Crippen LogP contribution in [0.15, 0.2) is 48.5 Å². The molecule has 0 aromatic heterocycles. The van der Waals surface area contributed by atoms with Crippen LogP contribution in [0.1, 0.15) is 11.1 Å². The molecule has 0 bridgehead atoms. The normalized spacial score (nSPS) is 15.5. The molecule has 0 radical (unpaired) electrons. The first-order valence-electron chi connectivity index (χ1n) is 8.38. The lowest BCUT2D eigenvalue weighted by atomic mass is 9.97. The van der Waals surface area contributed by atoms with Gasteiger partial charge in [0.1, 0.15) is 12.4 Å². The lowest BCUT2D eigenvalue weighted by Gasteiger charge is -2.24. The van der Waals surface area contributed by atoms with Gasteiger partial charge in [0.2, 0.25) is 0 Å². The van der Waals surface area contributed by atoms with Gasteiger partial charge in [-0.2, -0.15) is 0 Å². The van der Waals surface area contributed by atoms with E-state index in [1.807, 2.05) is 30.3 Å². The highest BCUT2D eigenvalue weighted by atomic mass is 35.5. The SMILES string of the molecule is CN(Cc1ccccc1)C(=O)COC(=O)[C@@H]1COc2ccc(Cl)cc2C1. The zero-order chi connectivity index (χ0) is 18.5. The third-order valence-corrected chi connectivity index (χ3v) is 4.52. The molecule has 1 aliphatic heterocycles. The summed E-state index contributed by atoms with van der Waals surface area (Å²) in [4.78, 5) is 26.0. The fourth-order valence-corrected chi connectivity index (χ4v) is 3.02. The molecule has 136 valence electrons. The minimum absolute atomic E-state index is 0.238. The zero-order valence-electron chi connectivity index (χ0n) is 14.5. The Bertz CT molecular complexity index is 794. The summed E-state index contributed by atoms with van der Waals surface area (Å²) in [5.74, 6) is -0.384. The molecule has 0 unspecified atom stereocenters. The van der Waals surface area contributed by atoms with Crippen LogP contribution in [0.4, 0.5) is 0 Å². The molecule has 0 N–H and O–H groups in total. The van der Waals surface area contributed by atoms with Crippen molar-refractivity contribution in [2.75, 3.05) is 20.3 Å². The molecule has 1 heterocycles. The van der Waals surface area contributed by atoms with Crippen molar-refractivity contribution in [3.63, 3.8) is 0 Å². The Kier molecular flexibility index (Phi) is 5.78. The van der Waals surface area contributed by atoms with E-state index in [-0.39, 0.29) is 19.1 Å². The third-order valence-electron chi connectivity index (χ3n) is 4.29. The van der Waals surface area contributed by atoms with Crippen LogP contribution in [0.2, 0.25) is 5.02 Å². The summed E-state index contributed by atoms with van der Waals surface area (Å²) in [5, 5.41) is 0.596. The van der Waals surface area contributed by atoms with Gasteiger partial charge < -0.3 is 14.4 Å². The summed E-state index contributed by atoms with van der Waals surface area (Å²) in [5.41, 5.74) is 1.89. The topological polar surface area (TPSA) is 55.8 Å². The standard InChI is InChI=1S/C20H20ClNO4/c1-22(11-14-5-3-2-4-6-14)19(23)13-26-20(24)16-9-15-10-17(21)7-8-18(15)25-12-16/h2-8,10,16H,9,11-13H2,1H3/t16-/m0/s1. The molecule has 1 atom stereocenters. The summed E-state index contributed by atoms with van der Waals surface area (Å²) >= 11 is 5.99. The van der Waals surface area contributed by atoms with E-state index in [9.17, 15) is 9.59 Å². The first-order valence-corrected chi connectivity index (χ1v) is 8.76. The van der Waals surface area contributed by atoms with Crippen LogP contribution in [0.25, 0.3) is 0 Å². The van der Waals surface area contributed by atoms with Crippen molar-refractivity contribution in [1.82, 2.24) is 4.90 Å². The molecular weight excluding hydrogens is 354 g/mol. The number of amides is 1. The highest BCUT2D eigenvalue weighted by Crippen LogP contribution is 2.30. The number of esters is 1. The molecule has 1 amide bonds. The second-order valence-electron chi connectivity index (χ2n) is 6.31. The summed E-state index contributed by atoms with van der Waals surface area (Å²) in [6, 6.07) is 15.0. The van der Waals surface area contributed by atoms with Crippen molar-refractivity contribution in [2.24, 2.45) is 5.92 Å². The van der Waals surface area contributed by atoms with Gasteiger partial charge in [0.15, 0.2) is 6.61 Å². The van der Waals surface area contributed by atoms with Crippen LogP contribution in [-0.4, -0.2) is 37.0 Å². The second-order valence-corrected chi connectivity index (χ2v) is 6.74. The quantitative estimate of drug-likeness (QED) is 0.756. The minimum atomic E-state index is -0.437. The predicted molar refractivity (Wildman–Crippen MR) is 98.0 cm³/mol. The number of halogens is 1. The molecule has 5 nitrogen and oxygen atoms in total. The average Bonchev–Trinajstić information content (AvgIpc) is 2.65. The van der Waals surface area contributed by atoms with Crippen molar-refractivity contribution in [2.45, 2.75) is 13.0 Å². The molecule has 0 spiro atoms. The Morgan fingerprint density at radius 2 is 2.00 bits per heavy atom. The molecule has 26 heavy (non-hydrogen) atoms. The molecule has 0 saturated heterocycles. The molecule has 0 aliphatic carbocycles. The molecule has 1 aliphatic rings. The number of nitrogens with zero attached hydrogens (tertiary/aromatic N) is 1. The number of ether oxygens (including phenoxy) is 2. The summed E-state index contributed by atoms with van der Waals surface area (Å²) in [6.07, 6.45) is 0.489. The number of rotatable bonds is 5. The maximum Gasteiger partial charge on any atom is 0.313 e. The van der Waals surface area contributed by atoms with Gasteiger partial charge in [0, 0.05) is 18.6 Å². The number of carbonyl (C=O) groups excluding carboxylic acids is 2. The molecule has 0 fully saturated rings. The van der Waals surface area contributed by atoms with Crippen LogP contribution in [0.5, 0.6) is 5.75 Å². The molecule has 2 aromatic carbocycles. The lowest BCUT2D eigenvalue weighted by Crippen LogP contribution is -2.34. The van der Waals surface area contributed by atoms with Crippen molar-refractivity contribution in [1.29, 1.82) is 0 Å². The number of hydrogen-bond acceptors (Lipinski definition) is 4. The minimum Gasteiger partial charge on any atom is -0.492 e. The maximum absolute atomic E-state index is 12.3. The van der Waals surface area contributed by atoms with Crippen molar-refractivity contribution in [3.05, 3.63) is 64.7 Å². The van der Waals surface area contributed by atoms with Gasteiger partial charge in [0.25, 0.3) is 5.91 Å². The van der Waals surface area contributed by atoms with Crippen LogP contribution in [-0.2, 0) is 27.3 Å². The molecule has 2 aromatic rings. The van der Waals surface area contributed by atoms with E-state index < -0.39 is 11.9 Å². The van der Waals surface area contributed by atoms with Crippen LogP contribution < -0.4 is 4.74 Å². The monoisotopic (exact) mass is 373 g/mol. The van der Waals surface area contributed by atoms with E-state index in [4.69, 9.17) is 21.1 Å². The summed E-state index contributed by atoms with van der Waals surface area (Å²) in [7, 11) is 1.69. The van der Waals surface area contributed by atoms with Gasteiger partial charge in [-0.05, 0) is 35.7 Å². The molecule has 3 rings (SSSR count). The summed E-state index contributed by atoms with van der Waals surface area (Å²) in [6.45, 7) is 0.429. The van der Waals surface area contributed by atoms with Crippen LogP contribution in [0.3, 0.4) is 0 Å². The molecular formula is C20H20ClNO4. The van der Waals surface area contributed by atoms with E-state index in [0.717, 1.165) is 16.9 Å². The van der Waals surface area contributed by atoms with Gasteiger partial charge in [0.05, 0.1) is 5.92 Å². The van der Waals surface area contributed by atoms with E-state index in [0.29, 0.717) is 18.0 Å². The lowest BCUT2D eigenvalue weighted by molar-refractivity contribution is -0.156. The Morgan fingerprint density at radius 3 is 2.77 bits per heavy atom. The highest BCUT2D eigenvalue weighted by Gasteiger charge is 2.28. The second kappa shape index (κ2) is 8.23. The van der Waals surface area contributed by atoms with Gasteiger partial charge in [-0.25, -0.2) is 0 Å². The number of hydrogen-bond donors (Lipinski definition) is 0. The highest BCUT2D eigenvalue weighted by molar-refractivity contribution is 6.30.